The third kappa shape index (κ3) is 5.83. The van der Waals surface area contributed by atoms with Crippen LogP contribution < -0.4 is 5.32 Å². The third-order valence-electron chi connectivity index (χ3n) is 3.40. The van der Waals surface area contributed by atoms with Gasteiger partial charge in [-0.3, -0.25) is 0 Å². The summed E-state index contributed by atoms with van der Waals surface area (Å²) in [6.45, 7) is 7.79. The average Bonchev–Trinajstić information content (AvgIpc) is 2.34. The Morgan fingerprint density at radius 1 is 1.19 bits per heavy atom. The first kappa shape index (κ1) is 13.9. The van der Waals surface area contributed by atoms with Crippen LogP contribution in [-0.4, -0.2) is 50.8 Å². The first-order valence-corrected chi connectivity index (χ1v) is 6.84. The van der Waals surface area contributed by atoms with Crippen LogP contribution in [0.3, 0.4) is 0 Å². The Hall–Kier alpha value is -0.120. The Morgan fingerprint density at radius 3 is 2.50 bits per heavy atom. The van der Waals surface area contributed by atoms with Gasteiger partial charge in [0.05, 0.1) is 0 Å². The van der Waals surface area contributed by atoms with Crippen molar-refractivity contribution >= 4 is 0 Å². The first-order valence-electron chi connectivity index (χ1n) is 6.84. The van der Waals surface area contributed by atoms with Gasteiger partial charge in [0, 0.05) is 25.8 Å². The highest BCUT2D eigenvalue weighted by Crippen LogP contribution is 2.09. The quantitative estimate of drug-likeness (QED) is 0.642. The van der Waals surface area contributed by atoms with Crippen molar-refractivity contribution in [2.75, 3.05) is 39.9 Å². The predicted octanol–water partition coefficient (Wildman–Crippen LogP) is 1.88. The molecule has 0 aromatic rings. The summed E-state index contributed by atoms with van der Waals surface area (Å²) in [5, 5.41) is 3.36. The van der Waals surface area contributed by atoms with Crippen LogP contribution >= 0.6 is 0 Å². The van der Waals surface area contributed by atoms with Gasteiger partial charge < -0.3 is 15.0 Å². The minimum absolute atomic E-state index is 0.747. The number of likely N-dealkylation sites (tertiary alicyclic amines) is 1. The molecule has 0 saturated carbocycles. The van der Waals surface area contributed by atoms with Crippen molar-refractivity contribution in [1.82, 2.24) is 10.2 Å². The van der Waals surface area contributed by atoms with Crippen molar-refractivity contribution in [3.05, 3.63) is 0 Å². The van der Waals surface area contributed by atoms with E-state index in [1.807, 2.05) is 0 Å². The summed E-state index contributed by atoms with van der Waals surface area (Å²) in [6, 6.07) is 0.747. The molecule has 3 heteroatoms. The lowest BCUT2D eigenvalue weighted by atomic mass is 10.1. The number of hydrogen-bond donors (Lipinski definition) is 1. The SMILES string of the molecule is CCCCOCCCN1CCC(NC)CC1. The second-order valence-corrected chi connectivity index (χ2v) is 4.72. The zero-order valence-electron chi connectivity index (χ0n) is 11.0. The number of rotatable bonds is 8. The summed E-state index contributed by atoms with van der Waals surface area (Å²) in [7, 11) is 2.07. The maximum Gasteiger partial charge on any atom is 0.0478 e. The fraction of sp³-hybridized carbons (Fsp3) is 1.00. The second kappa shape index (κ2) is 8.97. The molecule has 0 aromatic carbocycles. The fourth-order valence-corrected chi connectivity index (χ4v) is 2.18. The highest BCUT2D eigenvalue weighted by Gasteiger charge is 2.16. The van der Waals surface area contributed by atoms with Gasteiger partial charge in [0.15, 0.2) is 0 Å². The zero-order valence-corrected chi connectivity index (χ0v) is 11.0. The molecule has 1 fully saturated rings. The van der Waals surface area contributed by atoms with Crippen LogP contribution in [0.2, 0.25) is 0 Å². The van der Waals surface area contributed by atoms with Crippen LogP contribution in [-0.2, 0) is 4.74 Å². The van der Waals surface area contributed by atoms with Crippen molar-refractivity contribution < 1.29 is 4.74 Å². The van der Waals surface area contributed by atoms with Crippen molar-refractivity contribution in [2.45, 2.75) is 45.1 Å². The molecule has 1 N–H and O–H groups in total. The molecule has 3 nitrogen and oxygen atoms in total. The lowest BCUT2D eigenvalue weighted by Crippen LogP contribution is -2.41. The summed E-state index contributed by atoms with van der Waals surface area (Å²) in [5.74, 6) is 0. The molecule has 0 radical (unpaired) electrons. The first-order chi connectivity index (χ1) is 7.86. The molecule has 0 amide bonds. The predicted molar refractivity (Wildman–Crippen MR) is 68.9 cm³/mol. The van der Waals surface area contributed by atoms with E-state index in [4.69, 9.17) is 4.74 Å². The summed E-state index contributed by atoms with van der Waals surface area (Å²) >= 11 is 0. The average molecular weight is 228 g/mol. The maximum absolute atomic E-state index is 5.57. The number of piperidine rings is 1. The summed E-state index contributed by atoms with van der Waals surface area (Å²) < 4.78 is 5.57. The van der Waals surface area contributed by atoms with Crippen LogP contribution in [0.25, 0.3) is 0 Å². The van der Waals surface area contributed by atoms with Gasteiger partial charge in [-0.25, -0.2) is 0 Å². The molecule has 0 bridgehead atoms. The standard InChI is InChI=1S/C13H28N2O/c1-3-4-11-16-12-5-8-15-9-6-13(14-2)7-10-15/h13-14H,3-12H2,1-2H3. The molecule has 0 atom stereocenters. The number of nitrogens with one attached hydrogen (secondary N) is 1. The number of nitrogens with zero attached hydrogens (tertiary/aromatic N) is 1. The molecule has 0 aliphatic carbocycles. The van der Waals surface area contributed by atoms with Crippen LogP contribution in [0.5, 0.6) is 0 Å². The summed E-state index contributed by atoms with van der Waals surface area (Å²) in [5.41, 5.74) is 0. The topological polar surface area (TPSA) is 24.5 Å². The lowest BCUT2D eigenvalue weighted by Gasteiger charge is -2.31. The van der Waals surface area contributed by atoms with Crippen molar-refractivity contribution in [2.24, 2.45) is 0 Å². The minimum Gasteiger partial charge on any atom is -0.381 e. The molecule has 1 rings (SSSR count). The molecule has 0 unspecified atom stereocenters. The zero-order chi connectivity index (χ0) is 11.6. The number of unbranched alkanes of at least 4 members (excludes halogenated alkanes) is 1. The molecule has 1 heterocycles. The highest BCUT2D eigenvalue weighted by atomic mass is 16.5. The number of hydrogen-bond acceptors (Lipinski definition) is 3. The van der Waals surface area contributed by atoms with E-state index >= 15 is 0 Å². The normalized spacial score (nSPS) is 19.1. The Morgan fingerprint density at radius 2 is 1.88 bits per heavy atom. The lowest BCUT2D eigenvalue weighted by molar-refractivity contribution is 0.112. The van der Waals surface area contributed by atoms with E-state index < -0.39 is 0 Å². The maximum atomic E-state index is 5.57. The Labute approximate surface area is 101 Å². The van der Waals surface area contributed by atoms with E-state index in [0.717, 1.165) is 19.3 Å². The van der Waals surface area contributed by atoms with E-state index in [0.29, 0.717) is 0 Å². The molecule has 1 saturated heterocycles. The van der Waals surface area contributed by atoms with Gasteiger partial charge in [-0.05, 0) is 45.8 Å². The van der Waals surface area contributed by atoms with E-state index in [-0.39, 0.29) is 0 Å². The van der Waals surface area contributed by atoms with Crippen LogP contribution in [0.4, 0.5) is 0 Å². The fourth-order valence-electron chi connectivity index (χ4n) is 2.18. The molecule has 16 heavy (non-hydrogen) atoms. The third-order valence-corrected chi connectivity index (χ3v) is 3.40. The molecule has 0 spiro atoms. The molecular weight excluding hydrogens is 200 g/mol. The minimum atomic E-state index is 0.747. The van der Waals surface area contributed by atoms with Gasteiger partial charge in [-0.2, -0.15) is 0 Å². The van der Waals surface area contributed by atoms with E-state index in [2.05, 4.69) is 24.2 Å². The van der Waals surface area contributed by atoms with E-state index in [9.17, 15) is 0 Å². The van der Waals surface area contributed by atoms with Gasteiger partial charge in [-0.1, -0.05) is 13.3 Å². The Bertz CT molecular complexity index is 156. The molecule has 1 aliphatic heterocycles. The smallest absolute Gasteiger partial charge is 0.0478 e. The molecule has 1 aliphatic rings. The van der Waals surface area contributed by atoms with Crippen LogP contribution in [0.1, 0.15) is 39.0 Å². The summed E-state index contributed by atoms with van der Waals surface area (Å²) in [4.78, 5) is 2.57. The van der Waals surface area contributed by atoms with Crippen LogP contribution in [0.15, 0.2) is 0 Å². The largest absolute Gasteiger partial charge is 0.381 e. The molecule has 96 valence electrons. The molecular formula is C13H28N2O. The Kier molecular flexibility index (Phi) is 7.81. The van der Waals surface area contributed by atoms with Gasteiger partial charge >= 0.3 is 0 Å². The number of ether oxygens (including phenoxy) is 1. The second-order valence-electron chi connectivity index (χ2n) is 4.72. The van der Waals surface area contributed by atoms with E-state index in [1.54, 1.807) is 0 Å². The molecule has 0 aromatic heterocycles. The van der Waals surface area contributed by atoms with Crippen molar-refractivity contribution in [3.8, 4) is 0 Å². The van der Waals surface area contributed by atoms with Crippen molar-refractivity contribution in [1.29, 1.82) is 0 Å². The van der Waals surface area contributed by atoms with Crippen LogP contribution in [0, 0.1) is 0 Å². The highest BCUT2D eigenvalue weighted by molar-refractivity contribution is 4.75. The van der Waals surface area contributed by atoms with Gasteiger partial charge in [-0.15, -0.1) is 0 Å². The Balaban J connectivity index is 1.90. The summed E-state index contributed by atoms with van der Waals surface area (Å²) in [6.07, 6.45) is 6.22. The van der Waals surface area contributed by atoms with Gasteiger partial charge in [0.2, 0.25) is 0 Å². The van der Waals surface area contributed by atoms with E-state index in [1.165, 1.54) is 51.7 Å². The van der Waals surface area contributed by atoms with Crippen molar-refractivity contribution in [3.63, 3.8) is 0 Å². The monoisotopic (exact) mass is 228 g/mol. The van der Waals surface area contributed by atoms with Gasteiger partial charge in [0.1, 0.15) is 0 Å². The van der Waals surface area contributed by atoms with Gasteiger partial charge in [0.25, 0.3) is 0 Å².